The van der Waals surface area contributed by atoms with E-state index in [0.29, 0.717) is 18.0 Å². The lowest BCUT2D eigenvalue weighted by Crippen LogP contribution is -2.16. The van der Waals surface area contributed by atoms with Gasteiger partial charge in [0.25, 0.3) is 0 Å². The molecular weight excluding hydrogens is 391 g/mol. The third-order valence-electron chi connectivity index (χ3n) is 4.67. The fraction of sp³-hybridized carbons (Fsp3) is 0.250. The molecule has 0 atom stereocenters. The molecule has 0 aliphatic rings. The van der Waals surface area contributed by atoms with Gasteiger partial charge in [-0.15, -0.1) is 13.2 Å². The molecule has 6 heteroatoms. The zero-order valence-corrected chi connectivity index (χ0v) is 16.7. The summed E-state index contributed by atoms with van der Waals surface area (Å²) in [6.07, 6.45) is -1.28. The molecule has 3 nitrogen and oxygen atoms in total. The maximum atomic E-state index is 12.3. The van der Waals surface area contributed by atoms with E-state index < -0.39 is 6.36 Å². The normalized spacial score (nSPS) is 11.3. The van der Waals surface area contributed by atoms with Gasteiger partial charge in [-0.25, -0.2) is 0 Å². The molecule has 0 saturated carbocycles. The molecule has 0 bridgehead atoms. The van der Waals surface area contributed by atoms with Gasteiger partial charge >= 0.3 is 6.36 Å². The summed E-state index contributed by atoms with van der Waals surface area (Å²) in [5.41, 5.74) is 10.5. The van der Waals surface area contributed by atoms with Gasteiger partial charge in [0.1, 0.15) is 18.1 Å². The summed E-state index contributed by atoms with van der Waals surface area (Å²) in [4.78, 5) is 0. The summed E-state index contributed by atoms with van der Waals surface area (Å²) in [7, 11) is 0. The van der Waals surface area contributed by atoms with Crippen LogP contribution >= 0.6 is 0 Å². The van der Waals surface area contributed by atoms with Gasteiger partial charge in [-0.1, -0.05) is 55.8 Å². The first kappa shape index (κ1) is 21.6. The molecule has 0 amide bonds. The smallest absolute Gasteiger partial charge is 0.487 e. The van der Waals surface area contributed by atoms with E-state index in [0.717, 1.165) is 23.1 Å². The number of benzene rings is 3. The summed E-state index contributed by atoms with van der Waals surface area (Å²) < 4.78 is 46.6. The van der Waals surface area contributed by atoms with Crippen molar-refractivity contribution in [1.82, 2.24) is 0 Å². The van der Waals surface area contributed by atoms with Crippen LogP contribution in [0.25, 0.3) is 11.1 Å². The van der Waals surface area contributed by atoms with Crippen molar-refractivity contribution in [3.8, 4) is 22.6 Å². The van der Waals surface area contributed by atoms with Crippen LogP contribution in [0.4, 0.5) is 18.9 Å². The summed E-state index contributed by atoms with van der Waals surface area (Å²) in [5, 5.41) is 0. The summed E-state index contributed by atoms with van der Waals surface area (Å²) in [6.45, 7) is 2.58. The highest BCUT2D eigenvalue weighted by atomic mass is 19.4. The van der Waals surface area contributed by atoms with Gasteiger partial charge in [-0.05, 0) is 59.4 Å². The van der Waals surface area contributed by atoms with Gasteiger partial charge < -0.3 is 15.2 Å². The molecular formula is C24H24F3NO2. The monoisotopic (exact) mass is 415 g/mol. The van der Waals surface area contributed by atoms with Crippen LogP contribution in [-0.4, -0.2) is 6.36 Å². The largest absolute Gasteiger partial charge is 0.573 e. The highest BCUT2D eigenvalue weighted by molar-refractivity contribution is 5.71. The minimum atomic E-state index is -4.71. The molecule has 3 aromatic carbocycles. The van der Waals surface area contributed by atoms with Crippen LogP contribution in [0.3, 0.4) is 0 Å². The Labute approximate surface area is 174 Å². The van der Waals surface area contributed by atoms with Crippen molar-refractivity contribution in [2.45, 2.75) is 39.2 Å². The summed E-state index contributed by atoms with van der Waals surface area (Å²) in [6, 6.07) is 19.3. The van der Waals surface area contributed by atoms with Gasteiger partial charge in [0, 0.05) is 0 Å². The molecule has 3 aromatic rings. The molecule has 0 aliphatic carbocycles. The zero-order chi connectivity index (χ0) is 21.6. The van der Waals surface area contributed by atoms with E-state index in [9.17, 15) is 13.2 Å². The van der Waals surface area contributed by atoms with E-state index in [2.05, 4.69) is 35.9 Å². The molecule has 0 aliphatic heterocycles. The van der Waals surface area contributed by atoms with Crippen LogP contribution in [-0.2, 0) is 13.0 Å². The van der Waals surface area contributed by atoms with Gasteiger partial charge in [-0.2, -0.15) is 0 Å². The van der Waals surface area contributed by atoms with Crippen molar-refractivity contribution in [2.24, 2.45) is 0 Å². The summed E-state index contributed by atoms with van der Waals surface area (Å²) in [5.74, 6) is 0.297. The van der Waals surface area contributed by atoms with E-state index in [1.54, 1.807) is 24.3 Å². The Morgan fingerprint density at radius 1 is 0.833 bits per heavy atom. The minimum absolute atomic E-state index is 0.264. The molecule has 2 N–H and O–H groups in total. The lowest BCUT2D eigenvalue weighted by molar-refractivity contribution is -0.274. The Morgan fingerprint density at radius 2 is 1.47 bits per heavy atom. The highest BCUT2D eigenvalue weighted by Crippen LogP contribution is 2.31. The predicted molar refractivity (Wildman–Crippen MR) is 112 cm³/mol. The van der Waals surface area contributed by atoms with E-state index in [-0.39, 0.29) is 5.75 Å². The van der Waals surface area contributed by atoms with Crippen molar-refractivity contribution < 1.29 is 22.6 Å². The first-order valence-electron chi connectivity index (χ1n) is 9.80. The second-order valence-corrected chi connectivity index (χ2v) is 7.03. The van der Waals surface area contributed by atoms with Crippen LogP contribution in [0.1, 0.15) is 30.9 Å². The molecule has 0 unspecified atom stereocenters. The average molecular weight is 415 g/mol. The molecule has 0 saturated heterocycles. The highest BCUT2D eigenvalue weighted by Gasteiger charge is 2.30. The SMILES string of the molecule is CCCCc1ccc(COc2ccc(-c3ccc(OC(F)(F)F)cc3)cc2N)cc1. The quantitative estimate of drug-likeness (QED) is 0.414. The van der Waals surface area contributed by atoms with E-state index in [1.807, 2.05) is 6.07 Å². The van der Waals surface area contributed by atoms with Crippen LogP contribution in [0.5, 0.6) is 11.5 Å². The van der Waals surface area contributed by atoms with Crippen LogP contribution in [0.2, 0.25) is 0 Å². The van der Waals surface area contributed by atoms with Gasteiger partial charge in [0.05, 0.1) is 5.69 Å². The number of halogens is 3. The van der Waals surface area contributed by atoms with Crippen molar-refractivity contribution in [2.75, 3.05) is 5.73 Å². The number of aryl methyl sites for hydroxylation is 1. The number of rotatable bonds is 8. The van der Waals surface area contributed by atoms with Crippen molar-refractivity contribution in [1.29, 1.82) is 0 Å². The number of hydrogen-bond acceptors (Lipinski definition) is 3. The van der Waals surface area contributed by atoms with Gasteiger partial charge in [0.15, 0.2) is 0 Å². The Balaban J connectivity index is 1.62. The van der Waals surface area contributed by atoms with Crippen LogP contribution in [0, 0.1) is 0 Å². The fourth-order valence-electron chi connectivity index (χ4n) is 3.05. The van der Waals surface area contributed by atoms with E-state index in [4.69, 9.17) is 10.5 Å². The predicted octanol–water partition coefficient (Wildman–Crippen LogP) is 6.76. The molecule has 0 fully saturated rings. The molecule has 0 radical (unpaired) electrons. The number of alkyl halides is 3. The topological polar surface area (TPSA) is 44.5 Å². The first-order valence-corrected chi connectivity index (χ1v) is 9.80. The lowest BCUT2D eigenvalue weighted by Gasteiger charge is -2.12. The number of anilines is 1. The number of nitrogen functional groups attached to an aromatic ring is 1. The molecule has 30 heavy (non-hydrogen) atoms. The molecule has 158 valence electrons. The number of ether oxygens (including phenoxy) is 2. The second kappa shape index (κ2) is 9.57. The molecule has 3 rings (SSSR count). The Hall–Kier alpha value is -3.15. The minimum Gasteiger partial charge on any atom is -0.487 e. The second-order valence-electron chi connectivity index (χ2n) is 7.03. The van der Waals surface area contributed by atoms with Gasteiger partial charge in [-0.3, -0.25) is 0 Å². The fourth-order valence-corrected chi connectivity index (χ4v) is 3.05. The van der Waals surface area contributed by atoms with Crippen molar-refractivity contribution in [3.63, 3.8) is 0 Å². The van der Waals surface area contributed by atoms with Crippen LogP contribution < -0.4 is 15.2 Å². The molecule has 0 aromatic heterocycles. The van der Waals surface area contributed by atoms with Gasteiger partial charge in [0.2, 0.25) is 0 Å². The Morgan fingerprint density at radius 3 is 2.07 bits per heavy atom. The third kappa shape index (κ3) is 6.17. The number of unbranched alkanes of at least 4 members (excludes halogenated alkanes) is 1. The molecule has 0 heterocycles. The maximum absolute atomic E-state index is 12.3. The van der Waals surface area contributed by atoms with E-state index >= 15 is 0 Å². The van der Waals surface area contributed by atoms with E-state index in [1.165, 1.54) is 30.5 Å². The maximum Gasteiger partial charge on any atom is 0.573 e. The van der Waals surface area contributed by atoms with Crippen molar-refractivity contribution in [3.05, 3.63) is 77.9 Å². The average Bonchev–Trinajstić information content (AvgIpc) is 2.71. The Bertz CT molecular complexity index is 952. The summed E-state index contributed by atoms with van der Waals surface area (Å²) >= 11 is 0. The lowest BCUT2D eigenvalue weighted by atomic mass is 10.0. The number of hydrogen-bond donors (Lipinski definition) is 1. The van der Waals surface area contributed by atoms with Crippen LogP contribution in [0.15, 0.2) is 66.7 Å². The first-order chi connectivity index (χ1) is 14.3. The third-order valence-corrected chi connectivity index (χ3v) is 4.67. The standard InChI is InChI=1S/C24H24F3NO2/c1-2-3-4-17-5-7-18(8-6-17)16-29-23-14-11-20(15-22(23)28)19-9-12-21(13-10-19)30-24(25,26)27/h5-15H,2-4,16,28H2,1H3. The zero-order valence-electron chi connectivity index (χ0n) is 16.7. The number of nitrogens with two attached hydrogens (primary N) is 1. The molecule has 0 spiro atoms. The van der Waals surface area contributed by atoms with Crippen molar-refractivity contribution >= 4 is 5.69 Å². The Kier molecular flexibility index (Phi) is 6.87.